The number of nitrogens with one attached hydrogen (secondary N) is 3. The quantitative estimate of drug-likeness (QED) is 0.713. The molecule has 5 rings (SSSR count). The molecule has 2 aliphatic carbocycles. The first-order valence-corrected chi connectivity index (χ1v) is 9.83. The van der Waals surface area contributed by atoms with Gasteiger partial charge in [-0.2, -0.15) is 4.98 Å². The van der Waals surface area contributed by atoms with Crippen LogP contribution in [0.15, 0.2) is 17.2 Å². The van der Waals surface area contributed by atoms with Crippen molar-refractivity contribution >= 4 is 29.4 Å². The molecule has 1 aliphatic heterocycles. The SMILES string of the molecule is Cc1cc(Nc2ncnc(NC(=O)C3CC3)n2)c(=O)n2c1C(=O)NC21CCCC1. The van der Waals surface area contributed by atoms with Crippen LogP contribution in [-0.4, -0.2) is 31.3 Å². The van der Waals surface area contributed by atoms with E-state index in [1.54, 1.807) is 17.6 Å². The summed E-state index contributed by atoms with van der Waals surface area (Å²) in [7, 11) is 0. The van der Waals surface area contributed by atoms with Crippen molar-refractivity contribution in [2.24, 2.45) is 5.92 Å². The van der Waals surface area contributed by atoms with Crippen LogP contribution in [0.3, 0.4) is 0 Å². The van der Waals surface area contributed by atoms with Gasteiger partial charge in [-0.05, 0) is 57.1 Å². The lowest BCUT2D eigenvalue weighted by atomic mass is 10.1. The lowest BCUT2D eigenvalue weighted by Gasteiger charge is -2.26. The number of rotatable bonds is 4. The van der Waals surface area contributed by atoms with Crippen LogP contribution in [0.25, 0.3) is 0 Å². The zero-order valence-electron chi connectivity index (χ0n) is 16.0. The highest BCUT2D eigenvalue weighted by Crippen LogP contribution is 2.38. The van der Waals surface area contributed by atoms with Gasteiger partial charge in [0.15, 0.2) is 0 Å². The summed E-state index contributed by atoms with van der Waals surface area (Å²) in [5.74, 6) is 0.00357. The number of hydrogen-bond donors (Lipinski definition) is 3. The fourth-order valence-corrected chi connectivity index (χ4v) is 4.25. The third-order valence-corrected chi connectivity index (χ3v) is 5.81. The summed E-state index contributed by atoms with van der Waals surface area (Å²) < 4.78 is 1.59. The molecule has 2 aromatic heterocycles. The minimum atomic E-state index is -0.644. The molecule has 150 valence electrons. The summed E-state index contributed by atoms with van der Waals surface area (Å²) in [6.45, 7) is 1.80. The molecule has 3 aliphatic rings. The predicted octanol–water partition coefficient (Wildman–Crippen LogP) is 1.40. The zero-order chi connectivity index (χ0) is 20.2. The van der Waals surface area contributed by atoms with Crippen LogP contribution in [0.5, 0.6) is 0 Å². The molecule has 1 spiro atoms. The van der Waals surface area contributed by atoms with Gasteiger partial charge >= 0.3 is 0 Å². The molecule has 29 heavy (non-hydrogen) atoms. The number of fused-ring (bicyclic) bond motifs is 2. The van der Waals surface area contributed by atoms with Gasteiger partial charge in [0.1, 0.15) is 23.4 Å². The number of hydrogen-bond acceptors (Lipinski definition) is 7. The smallest absolute Gasteiger partial charge is 0.276 e. The van der Waals surface area contributed by atoms with E-state index in [0.717, 1.165) is 38.5 Å². The molecule has 3 N–H and O–H groups in total. The van der Waals surface area contributed by atoms with Gasteiger partial charge in [-0.3, -0.25) is 24.3 Å². The van der Waals surface area contributed by atoms with Gasteiger partial charge in [0.25, 0.3) is 11.5 Å². The normalized spacial score (nSPS) is 19.1. The van der Waals surface area contributed by atoms with Crippen molar-refractivity contribution in [2.75, 3.05) is 10.6 Å². The van der Waals surface area contributed by atoms with E-state index in [1.807, 2.05) is 0 Å². The molecule has 2 saturated carbocycles. The topological polar surface area (TPSA) is 131 Å². The highest BCUT2D eigenvalue weighted by atomic mass is 16.2. The van der Waals surface area contributed by atoms with E-state index < -0.39 is 5.66 Å². The summed E-state index contributed by atoms with van der Waals surface area (Å²) in [6, 6.07) is 1.63. The van der Waals surface area contributed by atoms with Crippen LogP contribution in [0, 0.1) is 12.8 Å². The van der Waals surface area contributed by atoms with Crippen molar-refractivity contribution in [1.82, 2.24) is 24.8 Å². The van der Waals surface area contributed by atoms with Crippen LogP contribution in [-0.2, 0) is 10.5 Å². The molecule has 0 saturated heterocycles. The Balaban J connectivity index is 1.49. The van der Waals surface area contributed by atoms with Gasteiger partial charge in [-0.25, -0.2) is 9.97 Å². The molecule has 2 aromatic rings. The van der Waals surface area contributed by atoms with Crippen molar-refractivity contribution in [3.63, 3.8) is 0 Å². The Morgan fingerprint density at radius 2 is 1.93 bits per heavy atom. The molecule has 10 heteroatoms. The Kier molecular flexibility index (Phi) is 3.90. The number of amides is 2. The predicted molar refractivity (Wildman–Crippen MR) is 104 cm³/mol. The van der Waals surface area contributed by atoms with Crippen LogP contribution in [0.4, 0.5) is 17.6 Å². The first kappa shape index (κ1) is 17.8. The zero-order valence-corrected chi connectivity index (χ0v) is 16.0. The van der Waals surface area contributed by atoms with E-state index in [9.17, 15) is 14.4 Å². The molecular weight excluding hydrogens is 374 g/mol. The van der Waals surface area contributed by atoms with E-state index in [2.05, 4.69) is 30.9 Å². The maximum atomic E-state index is 13.3. The molecule has 2 fully saturated rings. The highest BCUT2D eigenvalue weighted by Gasteiger charge is 2.46. The lowest BCUT2D eigenvalue weighted by Crippen LogP contribution is -2.45. The second-order valence-corrected chi connectivity index (χ2v) is 7.94. The van der Waals surface area contributed by atoms with E-state index in [-0.39, 0.29) is 40.9 Å². The van der Waals surface area contributed by atoms with Crippen LogP contribution in [0.1, 0.15) is 54.6 Å². The number of pyridine rings is 1. The van der Waals surface area contributed by atoms with Crippen LogP contribution in [0.2, 0.25) is 0 Å². The number of aryl methyl sites for hydroxylation is 1. The Hall–Kier alpha value is -3.30. The second-order valence-electron chi connectivity index (χ2n) is 7.94. The first-order chi connectivity index (χ1) is 14.0. The van der Waals surface area contributed by atoms with Crippen LogP contribution >= 0.6 is 0 Å². The van der Waals surface area contributed by atoms with Crippen molar-refractivity contribution in [1.29, 1.82) is 0 Å². The van der Waals surface area contributed by atoms with Crippen LogP contribution < -0.4 is 21.5 Å². The average molecular weight is 395 g/mol. The number of anilines is 3. The number of nitrogens with zero attached hydrogens (tertiary/aromatic N) is 4. The molecular formula is C19H21N7O3. The number of carbonyl (C=O) groups excluding carboxylic acids is 2. The van der Waals surface area contributed by atoms with E-state index in [4.69, 9.17) is 0 Å². The molecule has 0 bridgehead atoms. The van der Waals surface area contributed by atoms with Crippen molar-refractivity contribution < 1.29 is 9.59 Å². The van der Waals surface area contributed by atoms with Gasteiger partial charge in [0.2, 0.25) is 17.8 Å². The fraction of sp³-hybridized carbons (Fsp3) is 0.474. The summed E-state index contributed by atoms with van der Waals surface area (Å²) in [4.78, 5) is 49.9. The van der Waals surface area contributed by atoms with Gasteiger partial charge in [0, 0.05) is 5.92 Å². The second kappa shape index (κ2) is 6.36. The van der Waals surface area contributed by atoms with Gasteiger partial charge in [-0.15, -0.1) is 0 Å². The Labute approximate surface area is 166 Å². The molecule has 0 radical (unpaired) electrons. The molecule has 3 heterocycles. The van der Waals surface area contributed by atoms with Gasteiger partial charge in [-0.1, -0.05) is 0 Å². The third kappa shape index (κ3) is 2.95. The molecule has 0 atom stereocenters. The Bertz CT molecular complexity index is 1080. The standard InChI is InChI=1S/C19H21N7O3/c1-10-8-12(16(29)26-13(10)15(28)25-19(26)6-2-3-7-19)22-17-20-9-21-18(24-17)23-14(27)11-4-5-11/h8-9,11H,2-7H2,1H3,(H,25,28)(H2,20,21,22,23,24,27). The minimum absolute atomic E-state index is 0.0276. The molecule has 0 aromatic carbocycles. The summed E-state index contributed by atoms with van der Waals surface area (Å²) >= 11 is 0. The number of aromatic nitrogens is 4. The van der Waals surface area contributed by atoms with Crippen molar-refractivity contribution in [3.8, 4) is 0 Å². The van der Waals surface area contributed by atoms with Gasteiger partial charge in [0.05, 0.1) is 0 Å². The lowest BCUT2D eigenvalue weighted by molar-refractivity contribution is -0.117. The first-order valence-electron chi connectivity index (χ1n) is 9.83. The maximum Gasteiger partial charge on any atom is 0.276 e. The maximum absolute atomic E-state index is 13.3. The van der Waals surface area contributed by atoms with Crippen molar-refractivity contribution in [3.05, 3.63) is 34.0 Å². The Morgan fingerprint density at radius 1 is 1.21 bits per heavy atom. The summed E-state index contributed by atoms with van der Waals surface area (Å²) in [5.41, 5.74) is 0.448. The molecule has 2 amide bonds. The minimum Gasteiger partial charge on any atom is -0.327 e. The summed E-state index contributed by atoms with van der Waals surface area (Å²) in [6.07, 6.45) is 6.42. The van der Waals surface area contributed by atoms with E-state index in [1.165, 1.54) is 6.33 Å². The molecule has 10 nitrogen and oxygen atoms in total. The monoisotopic (exact) mass is 395 g/mol. The third-order valence-electron chi connectivity index (χ3n) is 5.81. The molecule has 0 unspecified atom stereocenters. The average Bonchev–Trinajstić information content (AvgIpc) is 3.37. The largest absolute Gasteiger partial charge is 0.327 e. The number of carbonyl (C=O) groups is 2. The Morgan fingerprint density at radius 3 is 2.66 bits per heavy atom. The van der Waals surface area contributed by atoms with E-state index >= 15 is 0 Å². The van der Waals surface area contributed by atoms with Gasteiger partial charge < -0.3 is 10.6 Å². The summed E-state index contributed by atoms with van der Waals surface area (Å²) in [5, 5.41) is 8.62. The highest BCUT2D eigenvalue weighted by molar-refractivity contribution is 5.97. The van der Waals surface area contributed by atoms with E-state index in [0.29, 0.717) is 11.3 Å². The van der Waals surface area contributed by atoms with Crippen molar-refractivity contribution in [2.45, 2.75) is 51.1 Å². The fourth-order valence-electron chi connectivity index (χ4n) is 4.25.